The molecule has 1 aromatic heterocycles. The minimum Gasteiger partial charge on any atom is -0.326 e. The molecule has 2 N–H and O–H groups in total. The summed E-state index contributed by atoms with van der Waals surface area (Å²) in [6.45, 7) is 3.14. The van der Waals surface area contributed by atoms with Crippen molar-refractivity contribution in [3.63, 3.8) is 0 Å². The molecule has 1 heterocycles. The second-order valence-corrected chi connectivity index (χ2v) is 6.49. The van der Waals surface area contributed by atoms with Crippen molar-refractivity contribution in [2.24, 2.45) is 5.73 Å². The molecule has 20 heavy (non-hydrogen) atoms. The molecular formula is C13H20ClF3N2S. The molecule has 0 amide bonds. The fourth-order valence-electron chi connectivity index (χ4n) is 2.21. The molecule has 2 atom stereocenters. The van der Waals surface area contributed by atoms with Crippen LogP contribution in [-0.4, -0.2) is 30.2 Å². The quantitative estimate of drug-likeness (QED) is 0.801. The van der Waals surface area contributed by atoms with Crippen LogP contribution >= 0.6 is 22.9 Å². The van der Waals surface area contributed by atoms with Gasteiger partial charge in [-0.15, -0.1) is 11.3 Å². The predicted octanol–water partition coefficient (Wildman–Crippen LogP) is 4.45. The lowest BCUT2D eigenvalue weighted by atomic mass is 10.0. The van der Waals surface area contributed by atoms with E-state index in [1.807, 2.05) is 13.8 Å². The van der Waals surface area contributed by atoms with Gasteiger partial charge < -0.3 is 5.73 Å². The number of nitrogens with zero attached hydrogens (tertiary/aromatic N) is 1. The highest BCUT2D eigenvalue weighted by atomic mass is 35.5. The third kappa shape index (κ3) is 5.24. The van der Waals surface area contributed by atoms with E-state index in [4.69, 9.17) is 17.3 Å². The topological polar surface area (TPSA) is 29.3 Å². The van der Waals surface area contributed by atoms with Crippen molar-refractivity contribution in [2.75, 3.05) is 13.1 Å². The SMILES string of the molecule is CCCN(CC(F)(F)F)C(c1ccc(Cl)s1)C(N)CC. The van der Waals surface area contributed by atoms with E-state index in [2.05, 4.69) is 0 Å². The fourth-order valence-corrected chi connectivity index (χ4v) is 3.48. The first-order valence-corrected chi connectivity index (χ1v) is 7.79. The van der Waals surface area contributed by atoms with Crippen LogP contribution in [0.4, 0.5) is 13.2 Å². The van der Waals surface area contributed by atoms with Crippen molar-refractivity contribution in [3.05, 3.63) is 21.3 Å². The Balaban J connectivity index is 3.04. The molecule has 0 aliphatic heterocycles. The molecule has 1 aromatic rings. The molecule has 116 valence electrons. The van der Waals surface area contributed by atoms with E-state index in [9.17, 15) is 13.2 Å². The molecule has 2 unspecified atom stereocenters. The van der Waals surface area contributed by atoms with Crippen molar-refractivity contribution in [3.8, 4) is 0 Å². The van der Waals surface area contributed by atoms with Gasteiger partial charge in [0.1, 0.15) is 0 Å². The van der Waals surface area contributed by atoms with Gasteiger partial charge in [0.2, 0.25) is 0 Å². The number of alkyl halides is 3. The maximum Gasteiger partial charge on any atom is 0.401 e. The second kappa shape index (κ2) is 7.64. The normalized spacial score (nSPS) is 15.6. The first-order valence-electron chi connectivity index (χ1n) is 6.60. The standard InChI is InChI=1S/C13H20ClF3N2S/c1-3-7-19(8-13(15,16)17)12(9(18)4-2)10-5-6-11(14)20-10/h5-6,9,12H,3-4,7-8,18H2,1-2H3. The van der Waals surface area contributed by atoms with Crippen LogP contribution in [0.3, 0.4) is 0 Å². The largest absolute Gasteiger partial charge is 0.401 e. The summed E-state index contributed by atoms with van der Waals surface area (Å²) in [6, 6.07) is 2.68. The molecule has 0 saturated heterocycles. The van der Waals surface area contributed by atoms with Gasteiger partial charge >= 0.3 is 6.18 Å². The molecule has 0 aromatic carbocycles. The van der Waals surface area contributed by atoms with Gasteiger partial charge in [0.25, 0.3) is 0 Å². The first-order chi connectivity index (χ1) is 9.28. The lowest BCUT2D eigenvalue weighted by molar-refractivity contribution is -0.152. The molecule has 1 rings (SSSR count). The number of thiophene rings is 1. The van der Waals surface area contributed by atoms with Crippen molar-refractivity contribution < 1.29 is 13.2 Å². The van der Waals surface area contributed by atoms with Gasteiger partial charge in [-0.2, -0.15) is 13.2 Å². The van der Waals surface area contributed by atoms with Crippen LogP contribution in [0, 0.1) is 0 Å². The molecule has 0 radical (unpaired) electrons. The number of halogens is 4. The number of hydrogen-bond donors (Lipinski definition) is 1. The summed E-state index contributed by atoms with van der Waals surface area (Å²) in [6.07, 6.45) is -2.98. The Bertz CT molecular complexity index is 409. The number of rotatable bonds is 7. The average molecular weight is 329 g/mol. The second-order valence-electron chi connectivity index (χ2n) is 4.74. The summed E-state index contributed by atoms with van der Waals surface area (Å²) in [5.74, 6) is 0. The molecule has 7 heteroatoms. The Morgan fingerprint density at radius 3 is 2.40 bits per heavy atom. The van der Waals surface area contributed by atoms with Gasteiger partial charge in [-0.3, -0.25) is 4.90 Å². The highest BCUT2D eigenvalue weighted by Crippen LogP contribution is 2.34. The highest BCUT2D eigenvalue weighted by Gasteiger charge is 2.36. The van der Waals surface area contributed by atoms with E-state index in [0.717, 1.165) is 4.88 Å². The summed E-state index contributed by atoms with van der Waals surface area (Å²) < 4.78 is 38.9. The lowest BCUT2D eigenvalue weighted by Crippen LogP contribution is -2.45. The van der Waals surface area contributed by atoms with E-state index < -0.39 is 18.8 Å². The summed E-state index contributed by atoms with van der Waals surface area (Å²) in [5.41, 5.74) is 6.06. The zero-order valence-corrected chi connectivity index (χ0v) is 13.2. The maximum absolute atomic E-state index is 12.8. The minimum atomic E-state index is -4.23. The van der Waals surface area contributed by atoms with Crippen molar-refractivity contribution in [1.82, 2.24) is 4.90 Å². The summed E-state index contributed by atoms with van der Waals surface area (Å²) in [5, 5.41) is 0. The maximum atomic E-state index is 12.8. The van der Waals surface area contributed by atoms with E-state index in [-0.39, 0.29) is 6.04 Å². The van der Waals surface area contributed by atoms with E-state index in [1.54, 1.807) is 12.1 Å². The van der Waals surface area contributed by atoms with Crippen molar-refractivity contribution in [2.45, 2.75) is 44.9 Å². The molecular weight excluding hydrogens is 309 g/mol. The van der Waals surface area contributed by atoms with Gasteiger partial charge in [0, 0.05) is 10.9 Å². The Hall–Kier alpha value is -0.300. The van der Waals surface area contributed by atoms with Gasteiger partial charge in [0.05, 0.1) is 16.9 Å². The van der Waals surface area contributed by atoms with Crippen LogP contribution in [0.2, 0.25) is 4.34 Å². The molecule has 0 aliphatic carbocycles. The molecule has 0 fully saturated rings. The summed E-state index contributed by atoms with van der Waals surface area (Å²) >= 11 is 7.20. The van der Waals surface area contributed by atoms with Crippen LogP contribution in [0.15, 0.2) is 12.1 Å². The molecule has 0 spiro atoms. The summed E-state index contributed by atoms with van der Waals surface area (Å²) in [4.78, 5) is 2.21. The van der Waals surface area contributed by atoms with E-state index in [1.165, 1.54) is 16.2 Å². The summed E-state index contributed by atoms with van der Waals surface area (Å²) in [7, 11) is 0. The third-order valence-electron chi connectivity index (χ3n) is 3.05. The van der Waals surface area contributed by atoms with Gasteiger partial charge in [0.15, 0.2) is 0 Å². The zero-order valence-electron chi connectivity index (χ0n) is 11.6. The minimum absolute atomic E-state index is 0.349. The van der Waals surface area contributed by atoms with Crippen molar-refractivity contribution in [1.29, 1.82) is 0 Å². The Labute approximate surface area is 126 Å². The third-order valence-corrected chi connectivity index (χ3v) is 4.35. The van der Waals surface area contributed by atoms with Crippen LogP contribution in [0.1, 0.15) is 37.6 Å². The molecule has 0 saturated carbocycles. The lowest BCUT2D eigenvalue weighted by Gasteiger charge is -2.35. The Morgan fingerprint density at radius 2 is 2.00 bits per heavy atom. The predicted molar refractivity (Wildman–Crippen MR) is 78.3 cm³/mol. The van der Waals surface area contributed by atoms with E-state index >= 15 is 0 Å². The Kier molecular flexibility index (Phi) is 6.78. The van der Waals surface area contributed by atoms with Crippen LogP contribution in [0.25, 0.3) is 0 Å². The zero-order chi connectivity index (χ0) is 15.3. The average Bonchev–Trinajstić information content (AvgIpc) is 2.74. The molecule has 0 aliphatic rings. The Morgan fingerprint density at radius 1 is 1.35 bits per heavy atom. The molecule has 0 bridgehead atoms. The van der Waals surface area contributed by atoms with Gasteiger partial charge in [-0.1, -0.05) is 25.4 Å². The first kappa shape index (κ1) is 17.8. The van der Waals surface area contributed by atoms with Crippen LogP contribution in [0.5, 0.6) is 0 Å². The van der Waals surface area contributed by atoms with E-state index in [0.29, 0.717) is 23.7 Å². The van der Waals surface area contributed by atoms with Crippen molar-refractivity contribution >= 4 is 22.9 Å². The number of nitrogens with two attached hydrogens (primary N) is 1. The fraction of sp³-hybridized carbons (Fsp3) is 0.692. The smallest absolute Gasteiger partial charge is 0.326 e. The van der Waals surface area contributed by atoms with Crippen LogP contribution < -0.4 is 5.73 Å². The number of hydrogen-bond acceptors (Lipinski definition) is 3. The highest BCUT2D eigenvalue weighted by molar-refractivity contribution is 7.16. The van der Waals surface area contributed by atoms with Gasteiger partial charge in [-0.05, 0) is 31.5 Å². The van der Waals surface area contributed by atoms with Crippen LogP contribution in [-0.2, 0) is 0 Å². The monoisotopic (exact) mass is 328 g/mol. The molecule has 2 nitrogen and oxygen atoms in total. The van der Waals surface area contributed by atoms with Gasteiger partial charge in [-0.25, -0.2) is 0 Å².